The molecule has 1 aliphatic carbocycles. The predicted molar refractivity (Wildman–Crippen MR) is 97.3 cm³/mol. The topological polar surface area (TPSA) is 85.4 Å². The van der Waals surface area contributed by atoms with Crippen molar-refractivity contribution in [3.63, 3.8) is 0 Å². The van der Waals surface area contributed by atoms with E-state index in [1.165, 1.54) is 24.5 Å². The number of nitrogens with zero attached hydrogens (tertiary/aromatic N) is 1. The third-order valence-electron chi connectivity index (χ3n) is 4.28. The van der Waals surface area contributed by atoms with Gasteiger partial charge in [-0.05, 0) is 48.6 Å². The first kappa shape index (κ1) is 18.8. The monoisotopic (exact) mass is 394 g/mol. The lowest BCUT2D eigenvalue weighted by Gasteiger charge is -2.35. The molecule has 0 unspecified atom stereocenters. The van der Waals surface area contributed by atoms with Gasteiger partial charge in [-0.3, -0.25) is 9.78 Å². The zero-order valence-corrected chi connectivity index (χ0v) is 15.5. The van der Waals surface area contributed by atoms with Crippen LogP contribution in [0, 0.1) is 0 Å². The summed E-state index contributed by atoms with van der Waals surface area (Å²) in [6.07, 6.45) is 4.12. The van der Waals surface area contributed by atoms with Crippen molar-refractivity contribution >= 4 is 27.6 Å². The second-order valence-electron chi connectivity index (χ2n) is 6.17. The summed E-state index contributed by atoms with van der Waals surface area (Å²) in [5.74, 6) is -0.0657. The maximum atomic E-state index is 12.0. The largest absolute Gasteiger partial charge is 0.462 e. The van der Waals surface area contributed by atoms with E-state index < -0.39 is 16.0 Å². The van der Waals surface area contributed by atoms with Gasteiger partial charge < -0.3 is 4.74 Å². The van der Waals surface area contributed by atoms with Crippen LogP contribution in [0.25, 0.3) is 0 Å². The molecule has 1 fully saturated rings. The van der Waals surface area contributed by atoms with E-state index in [0.29, 0.717) is 10.9 Å². The van der Waals surface area contributed by atoms with Crippen LogP contribution in [0.4, 0.5) is 0 Å². The van der Waals surface area contributed by atoms with Crippen LogP contribution in [0.2, 0.25) is 5.02 Å². The zero-order valence-electron chi connectivity index (χ0n) is 14.0. The van der Waals surface area contributed by atoms with E-state index in [1.54, 1.807) is 0 Å². The minimum atomic E-state index is -3.66. The molecule has 0 spiro atoms. The van der Waals surface area contributed by atoms with Gasteiger partial charge in [0.1, 0.15) is 11.0 Å². The van der Waals surface area contributed by atoms with Gasteiger partial charge in [-0.25, -0.2) is 13.1 Å². The molecule has 1 aromatic carbocycles. The molecular formula is C18H19ClN2O4S. The number of sulfonamides is 1. The Labute approximate surface area is 157 Å². The van der Waals surface area contributed by atoms with Crippen LogP contribution in [0.1, 0.15) is 30.7 Å². The molecule has 0 atom stereocenters. The average Bonchev–Trinajstić information content (AvgIpc) is 2.58. The van der Waals surface area contributed by atoms with E-state index in [9.17, 15) is 13.2 Å². The Morgan fingerprint density at radius 2 is 2.08 bits per heavy atom. The van der Waals surface area contributed by atoms with Gasteiger partial charge in [0.25, 0.3) is 0 Å². The van der Waals surface area contributed by atoms with Crippen LogP contribution in [0.5, 0.6) is 0 Å². The summed E-state index contributed by atoms with van der Waals surface area (Å²) >= 11 is 5.98. The van der Waals surface area contributed by atoms with Crippen LogP contribution in [0.3, 0.4) is 0 Å². The molecule has 1 N–H and O–H groups in total. The van der Waals surface area contributed by atoms with Crippen molar-refractivity contribution in [2.75, 3.05) is 6.54 Å². The number of carbonyl (C=O) groups is 1. The molecule has 6 nitrogen and oxygen atoms in total. The number of ether oxygens (including phenoxy) is 1. The van der Waals surface area contributed by atoms with Crippen molar-refractivity contribution in [2.24, 2.45) is 0 Å². The zero-order chi connectivity index (χ0) is 18.6. The van der Waals surface area contributed by atoms with Gasteiger partial charge in [0, 0.05) is 24.0 Å². The molecular weight excluding hydrogens is 376 g/mol. The quantitative estimate of drug-likeness (QED) is 0.730. The molecule has 0 aliphatic heterocycles. The standard InChI is InChI=1S/C18H19ClN2O4S/c19-15-4-1-3-13(9-15)14-10-16(11-14)25-18(22)6-8-21-26(23,24)17-5-2-7-20-12-17/h1-5,7,9,12,14,16,21H,6,8,10-11H2. The van der Waals surface area contributed by atoms with Crippen molar-refractivity contribution in [1.82, 2.24) is 9.71 Å². The fourth-order valence-electron chi connectivity index (χ4n) is 2.82. The predicted octanol–water partition coefficient (Wildman–Crippen LogP) is 2.89. The van der Waals surface area contributed by atoms with Crippen molar-refractivity contribution in [3.8, 4) is 0 Å². The fraction of sp³-hybridized carbons (Fsp3) is 0.333. The molecule has 3 rings (SSSR count). The third kappa shape index (κ3) is 4.81. The SMILES string of the molecule is O=C(CCNS(=O)(=O)c1cccnc1)OC1CC(c2cccc(Cl)c2)C1. The van der Waals surface area contributed by atoms with Crippen molar-refractivity contribution < 1.29 is 17.9 Å². The summed E-state index contributed by atoms with van der Waals surface area (Å²) in [5, 5.41) is 0.698. The summed E-state index contributed by atoms with van der Waals surface area (Å²) < 4.78 is 31.8. The first-order chi connectivity index (χ1) is 12.4. The Morgan fingerprint density at radius 1 is 1.27 bits per heavy atom. The number of pyridine rings is 1. The summed E-state index contributed by atoms with van der Waals surface area (Å²) in [6, 6.07) is 10.7. The Balaban J connectivity index is 1.39. The summed E-state index contributed by atoms with van der Waals surface area (Å²) in [7, 11) is -3.66. The molecule has 0 amide bonds. The molecule has 1 heterocycles. The number of nitrogens with one attached hydrogen (secondary N) is 1. The van der Waals surface area contributed by atoms with E-state index in [-0.39, 0.29) is 24.0 Å². The molecule has 2 aromatic rings. The third-order valence-corrected chi connectivity index (χ3v) is 5.96. The number of aromatic nitrogens is 1. The van der Waals surface area contributed by atoms with Crippen LogP contribution < -0.4 is 4.72 Å². The molecule has 1 saturated carbocycles. The van der Waals surface area contributed by atoms with Crippen LogP contribution >= 0.6 is 11.6 Å². The first-order valence-corrected chi connectivity index (χ1v) is 10.1. The Kier molecular flexibility index (Phi) is 5.90. The second kappa shape index (κ2) is 8.16. The van der Waals surface area contributed by atoms with Gasteiger partial charge in [0.2, 0.25) is 10.0 Å². The average molecular weight is 395 g/mol. The highest BCUT2D eigenvalue weighted by Crippen LogP contribution is 2.39. The van der Waals surface area contributed by atoms with Crippen LogP contribution in [-0.2, 0) is 19.6 Å². The number of benzene rings is 1. The number of hydrogen-bond acceptors (Lipinski definition) is 5. The van der Waals surface area contributed by atoms with Crippen molar-refractivity contribution in [1.29, 1.82) is 0 Å². The van der Waals surface area contributed by atoms with E-state index in [0.717, 1.165) is 18.4 Å². The number of rotatable bonds is 7. The Morgan fingerprint density at radius 3 is 2.77 bits per heavy atom. The smallest absolute Gasteiger partial charge is 0.307 e. The van der Waals surface area contributed by atoms with Gasteiger partial charge >= 0.3 is 5.97 Å². The first-order valence-electron chi connectivity index (χ1n) is 8.29. The number of halogens is 1. The Hall–Kier alpha value is -1.96. The van der Waals surface area contributed by atoms with Crippen LogP contribution in [0.15, 0.2) is 53.7 Å². The molecule has 1 aliphatic rings. The molecule has 8 heteroatoms. The van der Waals surface area contributed by atoms with E-state index in [1.807, 2.05) is 24.3 Å². The fourth-order valence-corrected chi connectivity index (χ4v) is 4.01. The number of hydrogen-bond donors (Lipinski definition) is 1. The maximum Gasteiger partial charge on any atom is 0.307 e. The van der Waals surface area contributed by atoms with Gasteiger partial charge in [-0.2, -0.15) is 0 Å². The minimum absolute atomic E-state index is 0.0134. The normalized spacial score (nSPS) is 19.6. The molecule has 0 radical (unpaired) electrons. The highest BCUT2D eigenvalue weighted by atomic mass is 35.5. The number of carbonyl (C=O) groups excluding carboxylic acids is 1. The molecule has 1 aromatic heterocycles. The lowest BCUT2D eigenvalue weighted by Crippen LogP contribution is -2.33. The summed E-state index contributed by atoms with van der Waals surface area (Å²) in [4.78, 5) is 15.7. The van der Waals surface area contributed by atoms with E-state index >= 15 is 0 Å². The van der Waals surface area contributed by atoms with Gasteiger partial charge in [0.15, 0.2) is 0 Å². The molecule has 138 valence electrons. The van der Waals surface area contributed by atoms with E-state index in [4.69, 9.17) is 16.3 Å². The highest BCUT2D eigenvalue weighted by molar-refractivity contribution is 7.89. The van der Waals surface area contributed by atoms with Gasteiger partial charge in [0.05, 0.1) is 6.42 Å². The molecule has 0 saturated heterocycles. The Bertz CT molecular complexity index is 868. The molecule has 0 bridgehead atoms. The molecule has 26 heavy (non-hydrogen) atoms. The van der Waals surface area contributed by atoms with Crippen molar-refractivity contribution in [2.45, 2.75) is 36.2 Å². The van der Waals surface area contributed by atoms with E-state index in [2.05, 4.69) is 9.71 Å². The summed E-state index contributed by atoms with van der Waals surface area (Å²) in [5.41, 5.74) is 1.15. The maximum absolute atomic E-state index is 12.0. The van der Waals surface area contributed by atoms with Gasteiger partial charge in [-0.1, -0.05) is 23.7 Å². The minimum Gasteiger partial charge on any atom is -0.462 e. The lowest BCUT2D eigenvalue weighted by molar-refractivity contribution is -0.153. The lowest BCUT2D eigenvalue weighted by atomic mass is 9.77. The highest BCUT2D eigenvalue weighted by Gasteiger charge is 2.33. The number of esters is 1. The second-order valence-corrected chi connectivity index (χ2v) is 8.38. The van der Waals surface area contributed by atoms with Gasteiger partial charge in [-0.15, -0.1) is 0 Å². The van der Waals surface area contributed by atoms with Crippen molar-refractivity contribution in [3.05, 3.63) is 59.4 Å². The van der Waals surface area contributed by atoms with Crippen LogP contribution in [-0.4, -0.2) is 32.0 Å². The summed E-state index contributed by atoms with van der Waals surface area (Å²) in [6.45, 7) is -0.0134.